The first kappa shape index (κ1) is 13.4. The van der Waals surface area contributed by atoms with Crippen LogP contribution in [0.25, 0.3) is 0 Å². The molecular weight excluding hydrogens is 293 g/mol. The molecule has 98 valence electrons. The highest BCUT2D eigenvalue weighted by Gasteiger charge is 2.09. The summed E-state index contributed by atoms with van der Waals surface area (Å²) in [6, 6.07) is 5.48. The van der Waals surface area contributed by atoms with Crippen LogP contribution in [-0.4, -0.2) is 15.9 Å². The van der Waals surface area contributed by atoms with Crippen LogP contribution < -0.4 is 16.6 Å². The highest BCUT2D eigenvalue weighted by molar-refractivity contribution is 6.42. The van der Waals surface area contributed by atoms with Crippen LogP contribution in [0.3, 0.4) is 0 Å². The van der Waals surface area contributed by atoms with Crippen LogP contribution in [0.5, 0.6) is 0 Å². The zero-order valence-corrected chi connectivity index (χ0v) is 10.8. The molecule has 2 aromatic rings. The van der Waals surface area contributed by atoms with E-state index < -0.39 is 17.2 Å². The summed E-state index contributed by atoms with van der Waals surface area (Å²) in [4.78, 5) is 38.1. The Labute approximate surface area is 116 Å². The van der Waals surface area contributed by atoms with E-state index in [0.29, 0.717) is 10.7 Å². The van der Waals surface area contributed by atoms with Crippen molar-refractivity contribution in [1.29, 1.82) is 0 Å². The van der Waals surface area contributed by atoms with E-state index in [0.717, 1.165) is 6.07 Å². The Morgan fingerprint density at radius 3 is 2.42 bits per heavy atom. The number of anilines is 1. The molecule has 0 unspecified atom stereocenters. The van der Waals surface area contributed by atoms with E-state index in [2.05, 4.69) is 10.3 Å². The fraction of sp³-hybridized carbons (Fsp3) is 0. The lowest BCUT2D eigenvalue weighted by atomic mass is 10.3. The van der Waals surface area contributed by atoms with Gasteiger partial charge in [-0.1, -0.05) is 23.2 Å². The molecule has 8 heteroatoms. The van der Waals surface area contributed by atoms with Gasteiger partial charge in [-0.25, -0.2) is 4.79 Å². The van der Waals surface area contributed by atoms with Gasteiger partial charge in [-0.15, -0.1) is 0 Å². The molecule has 1 amide bonds. The van der Waals surface area contributed by atoms with E-state index in [1.165, 1.54) is 18.2 Å². The average Bonchev–Trinajstić information content (AvgIpc) is 2.32. The molecule has 19 heavy (non-hydrogen) atoms. The number of H-pyrrole nitrogens is 2. The van der Waals surface area contributed by atoms with Gasteiger partial charge in [0.25, 0.3) is 11.5 Å². The fourth-order valence-electron chi connectivity index (χ4n) is 1.36. The molecule has 0 radical (unpaired) electrons. The Hall–Kier alpha value is -2.05. The van der Waals surface area contributed by atoms with Crippen molar-refractivity contribution < 1.29 is 4.79 Å². The molecule has 0 saturated carbocycles. The predicted molar refractivity (Wildman–Crippen MR) is 72.1 cm³/mol. The van der Waals surface area contributed by atoms with Gasteiger partial charge in [0.2, 0.25) is 0 Å². The standard InChI is InChI=1S/C11H7Cl2N3O3/c12-6-2-1-5(3-7(6)13)14-10(18)8-4-9(17)16-11(19)15-8/h1-4H,(H,14,18)(H2,15,16,17,19). The first-order valence-corrected chi connectivity index (χ1v) is 5.81. The maximum atomic E-state index is 11.8. The number of nitrogens with one attached hydrogen (secondary N) is 3. The Morgan fingerprint density at radius 1 is 1.05 bits per heavy atom. The number of hydrogen-bond acceptors (Lipinski definition) is 3. The lowest BCUT2D eigenvalue weighted by Crippen LogP contribution is -2.27. The van der Waals surface area contributed by atoms with Crippen LogP contribution in [0, 0.1) is 0 Å². The summed E-state index contributed by atoms with van der Waals surface area (Å²) in [5, 5.41) is 3.10. The van der Waals surface area contributed by atoms with Gasteiger partial charge in [0.05, 0.1) is 10.0 Å². The van der Waals surface area contributed by atoms with Crippen LogP contribution >= 0.6 is 23.2 Å². The zero-order valence-electron chi connectivity index (χ0n) is 9.29. The van der Waals surface area contributed by atoms with Crippen LogP contribution in [0.1, 0.15) is 10.5 Å². The van der Waals surface area contributed by atoms with E-state index in [-0.39, 0.29) is 10.7 Å². The van der Waals surface area contributed by atoms with Gasteiger partial charge in [0.15, 0.2) is 0 Å². The normalized spacial score (nSPS) is 10.2. The Kier molecular flexibility index (Phi) is 3.73. The number of amides is 1. The number of hydrogen-bond donors (Lipinski definition) is 3. The van der Waals surface area contributed by atoms with Crippen molar-refractivity contribution in [2.24, 2.45) is 0 Å². The topological polar surface area (TPSA) is 94.8 Å². The van der Waals surface area contributed by atoms with Crippen molar-refractivity contribution >= 4 is 34.8 Å². The molecule has 3 N–H and O–H groups in total. The summed E-state index contributed by atoms with van der Waals surface area (Å²) in [5.74, 6) is -0.637. The van der Waals surface area contributed by atoms with Gasteiger partial charge in [-0.05, 0) is 18.2 Å². The van der Waals surface area contributed by atoms with Crippen molar-refractivity contribution in [2.75, 3.05) is 5.32 Å². The first-order chi connectivity index (χ1) is 8.95. The largest absolute Gasteiger partial charge is 0.326 e. The molecule has 0 saturated heterocycles. The minimum absolute atomic E-state index is 0.153. The lowest BCUT2D eigenvalue weighted by molar-refractivity contribution is 0.102. The van der Waals surface area contributed by atoms with E-state index >= 15 is 0 Å². The zero-order chi connectivity index (χ0) is 14.0. The summed E-state index contributed by atoms with van der Waals surface area (Å²) >= 11 is 11.5. The third kappa shape index (κ3) is 3.24. The minimum atomic E-state index is -0.758. The lowest BCUT2D eigenvalue weighted by Gasteiger charge is -2.05. The Morgan fingerprint density at radius 2 is 1.79 bits per heavy atom. The SMILES string of the molecule is O=C(Nc1ccc(Cl)c(Cl)c1)c1cc(=O)[nH]c(=O)[nH]1. The molecule has 2 rings (SSSR count). The summed E-state index contributed by atoms with van der Waals surface area (Å²) in [6.45, 7) is 0. The van der Waals surface area contributed by atoms with Crippen LogP contribution in [0.15, 0.2) is 33.9 Å². The maximum absolute atomic E-state index is 11.8. The second kappa shape index (κ2) is 5.29. The molecule has 0 aliphatic heterocycles. The number of halogens is 2. The van der Waals surface area contributed by atoms with Gasteiger partial charge in [-0.2, -0.15) is 0 Å². The van der Waals surface area contributed by atoms with Crippen LogP contribution in [-0.2, 0) is 0 Å². The number of rotatable bonds is 2. The fourth-order valence-corrected chi connectivity index (χ4v) is 1.66. The summed E-state index contributed by atoms with van der Waals surface area (Å²) in [7, 11) is 0. The Bertz CT molecular complexity index is 723. The van der Waals surface area contributed by atoms with Crippen LogP contribution in [0.4, 0.5) is 5.69 Å². The monoisotopic (exact) mass is 299 g/mol. The second-order valence-electron chi connectivity index (χ2n) is 3.58. The van der Waals surface area contributed by atoms with Gasteiger partial charge < -0.3 is 10.3 Å². The molecule has 0 fully saturated rings. The summed E-state index contributed by atoms with van der Waals surface area (Å²) < 4.78 is 0. The number of benzene rings is 1. The van der Waals surface area contributed by atoms with E-state index in [4.69, 9.17) is 23.2 Å². The quantitative estimate of drug-likeness (QED) is 0.786. The van der Waals surface area contributed by atoms with E-state index in [1.54, 1.807) is 0 Å². The number of carbonyl (C=O) groups is 1. The Balaban J connectivity index is 2.27. The molecule has 0 aliphatic rings. The number of aromatic nitrogens is 2. The third-order valence-corrected chi connectivity index (χ3v) is 2.92. The summed E-state index contributed by atoms with van der Waals surface area (Å²) in [6.07, 6.45) is 0. The number of aromatic amines is 2. The third-order valence-electron chi connectivity index (χ3n) is 2.18. The average molecular weight is 300 g/mol. The molecule has 1 aromatic carbocycles. The predicted octanol–water partition coefficient (Wildman–Crippen LogP) is 1.62. The second-order valence-corrected chi connectivity index (χ2v) is 4.40. The van der Waals surface area contributed by atoms with Gasteiger partial charge in [0, 0.05) is 11.8 Å². The maximum Gasteiger partial charge on any atom is 0.326 e. The van der Waals surface area contributed by atoms with Crippen molar-refractivity contribution in [3.8, 4) is 0 Å². The van der Waals surface area contributed by atoms with E-state index in [9.17, 15) is 14.4 Å². The molecule has 1 heterocycles. The molecule has 0 spiro atoms. The minimum Gasteiger partial charge on any atom is -0.321 e. The van der Waals surface area contributed by atoms with Crippen molar-refractivity contribution in [1.82, 2.24) is 9.97 Å². The molecule has 0 atom stereocenters. The summed E-state index contributed by atoms with van der Waals surface area (Å²) in [5.41, 5.74) is -1.19. The highest BCUT2D eigenvalue weighted by Crippen LogP contribution is 2.25. The van der Waals surface area contributed by atoms with Gasteiger partial charge in [0.1, 0.15) is 5.69 Å². The van der Waals surface area contributed by atoms with Gasteiger partial charge >= 0.3 is 5.69 Å². The smallest absolute Gasteiger partial charge is 0.321 e. The molecular formula is C11H7Cl2N3O3. The molecule has 0 bridgehead atoms. The van der Waals surface area contributed by atoms with Crippen LogP contribution in [0.2, 0.25) is 10.0 Å². The number of carbonyl (C=O) groups excluding carboxylic acids is 1. The first-order valence-electron chi connectivity index (χ1n) is 5.06. The molecule has 0 aliphatic carbocycles. The van der Waals surface area contributed by atoms with Gasteiger partial charge in [-0.3, -0.25) is 14.6 Å². The van der Waals surface area contributed by atoms with Crippen molar-refractivity contribution in [3.63, 3.8) is 0 Å². The molecule has 6 nitrogen and oxygen atoms in total. The van der Waals surface area contributed by atoms with Crippen molar-refractivity contribution in [3.05, 3.63) is 60.8 Å². The highest BCUT2D eigenvalue weighted by atomic mass is 35.5. The van der Waals surface area contributed by atoms with E-state index in [1.807, 2.05) is 4.98 Å². The molecule has 1 aromatic heterocycles. The van der Waals surface area contributed by atoms with Crippen molar-refractivity contribution in [2.45, 2.75) is 0 Å².